The largest absolute Gasteiger partial charge is 0.461 e. The lowest BCUT2D eigenvalue weighted by Crippen LogP contribution is -2.43. The first kappa shape index (κ1) is 34.7. The summed E-state index contributed by atoms with van der Waals surface area (Å²) in [6, 6.07) is 9.75. The average molecular weight is 573 g/mol. The third-order valence-corrected chi connectivity index (χ3v) is 13.3. The van der Waals surface area contributed by atoms with Crippen molar-refractivity contribution in [3.05, 3.63) is 35.9 Å². The van der Waals surface area contributed by atoms with Crippen LogP contribution in [0.25, 0.3) is 0 Å². The van der Waals surface area contributed by atoms with Crippen molar-refractivity contribution in [2.45, 2.75) is 85.7 Å². The van der Waals surface area contributed by atoms with Crippen molar-refractivity contribution in [2.24, 2.45) is 11.8 Å². The van der Waals surface area contributed by atoms with E-state index < -0.39 is 34.1 Å². The van der Waals surface area contributed by atoms with Crippen molar-refractivity contribution in [3.8, 4) is 0 Å². The van der Waals surface area contributed by atoms with Crippen molar-refractivity contribution >= 4 is 27.7 Å². The molecule has 3 atom stereocenters. The molecule has 0 bridgehead atoms. The smallest absolute Gasteiger partial charge is 0.341 e. The fourth-order valence-corrected chi connectivity index (χ4v) is 5.88. The third kappa shape index (κ3) is 12.2. The number of carbonyl (C=O) groups is 2. The molecule has 0 aliphatic heterocycles. The Morgan fingerprint density at radius 3 is 2.08 bits per heavy atom. The third-order valence-electron chi connectivity index (χ3n) is 6.84. The molecule has 38 heavy (non-hydrogen) atoms. The van der Waals surface area contributed by atoms with Crippen molar-refractivity contribution in [1.82, 2.24) is 0 Å². The number of esters is 1. The zero-order chi connectivity index (χ0) is 29.0. The topological polar surface area (TPSA) is 97.4 Å². The molecule has 0 radical (unpaired) electrons. The summed E-state index contributed by atoms with van der Waals surface area (Å²) in [5.41, 5.74) is 1.03. The summed E-state index contributed by atoms with van der Waals surface area (Å²) in [6.07, 6.45) is -1.24. The maximum Gasteiger partial charge on any atom is 0.341 e. The molecule has 0 heterocycles. The molecule has 1 rings (SSSR count). The molecular formula is C28H49O8PSi. The van der Waals surface area contributed by atoms with Gasteiger partial charge >= 0.3 is 13.6 Å². The Hall–Kier alpha value is -1.35. The zero-order valence-electron chi connectivity index (χ0n) is 24.8. The van der Waals surface area contributed by atoms with Crippen molar-refractivity contribution < 1.29 is 37.1 Å². The first-order valence-corrected chi connectivity index (χ1v) is 18.1. The van der Waals surface area contributed by atoms with Gasteiger partial charge in [0.25, 0.3) is 0 Å². The van der Waals surface area contributed by atoms with Gasteiger partial charge in [-0.15, -0.1) is 0 Å². The summed E-state index contributed by atoms with van der Waals surface area (Å²) in [6.45, 7) is 19.1. The highest BCUT2D eigenvalue weighted by molar-refractivity contribution is 7.54. The zero-order valence-corrected chi connectivity index (χ0v) is 26.7. The van der Waals surface area contributed by atoms with Crippen LogP contribution in [-0.2, 0) is 43.7 Å². The number of ketones is 1. The maximum atomic E-state index is 13.1. The van der Waals surface area contributed by atoms with E-state index in [2.05, 4.69) is 33.9 Å². The van der Waals surface area contributed by atoms with Gasteiger partial charge in [-0.1, -0.05) is 65.0 Å². The lowest BCUT2D eigenvalue weighted by molar-refractivity contribution is -0.151. The second-order valence-corrected chi connectivity index (χ2v) is 18.1. The summed E-state index contributed by atoms with van der Waals surface area (Å²) in [4.78, 5) is 26.0. The van der Waals surface area contributed by atoms with Crippen LogP contribution in [0, 0.1) is 11.8 Å². The number of hydrogen-bond acceptors (Lipinski definition) is 8. The van der Waals surface area contributed by atoms with E-state index in [1.54, 1.807) is 20.8 Å². The Morgan fingerprint density at radius 1 is 0.974 bits per heavy atom. The van der Waals surface area contributed by atoms with E-state index in [4.69, 9.17) is 22.9 Å². The lowest BCUT2D eigenvalue weighted by Gasteiger charge is -2.37. The molecule has 0 spiro atoms. The Bertz CT molecular complexity index is 890. The Morgan fingerprint density at radius 2 is 1.55 bits per heavy atom. The van der Waals surface area contributed by atoms with Gasteiger partial charge in [-0.05, 0) is 37.5 Å². The molecule has 218 valence electrons. The quantitative estimate of drug-likeness (QED) is 0.110. The molecule has 0 aromatic heterocycles. The molecule has 0 fully saturated rings. The number of ether oxygens (including phenoxy) is 2. The summed E-state index contributed by atoms with van der Waals surface area (Å²) >= 11 is 0. The summed E-state index contributed by atoms with van der Waals surface area (Å²) in [5.74, 6) is -1.44. The first-order valence-electron chi connectivity index (χ1n) is 13.5. The van der Waals surface area contributed by atoms with E-state index in [9.17, 15) is 14.2 Å². The van der Waals surface area contributed by atoms with Gasteiger partial charge < -0.3 is 22.9 Å². The minimum absolute atomic E-state index is 0.0111. The minimum Gasteiger partial charge on any atom is -0.461 e. The van der Waals surface area contributed by atoms with Crippen LogP contribution in [0.3, 0.4) is 0 Å². The Balaban J connectivity index is 2.90. The number of benzene rings is 1. The highest BCUT2D eigenvalue weighted by Crippen LogP contribution is 2.48. The van der Waals surface area contributed by atoms with Gasteiger partial charge in [-0.3, -0.25) is 14.2 Å². The standard InChI is InChI=1S/C28H49O8PSi/c1-10-33-37(31,34-11-2)21-27(30)36-26(23(4)19-35-38(8,9)28(5,6)7)17-25(29)22(3)18-32-20-24-15-13-12-14-16-24/h12-16,22-23,26H,10-11,17-21H2,1-9H3/t22-,23-,26+/m1/s1. The van der Waals surface area contributed by atoms with Crippen LogP contribution in [0.5, 0.6) is 0 Å². The van der Waals surface area contributed by atoms with E-state index in [1.165, 1.54) is 0 Å². The Kier molecular flexibility index (Phi) is 14.6. The van der Waals surface area contributed by atoms with Crippen LogP contribution in [0.2, 0.25) is 18.1 Å². The van der Waals surface area contributed by atoms with Gasteiger partial charge in [-0.2, -0.15) is 0 Å². The molecule has 0 aliphatic rings. The van der Waals surface area contributed by atoms with Crippen LogP contribution in [0.1, 0.15) is 60.5 Å². The molecule has 0 amide bonds. The predicted octanol–water partition coefficient (Wildman–Crippen LogP) is 6.63. The fourth-order valence-electron chi connectivity index (χ4n) is 3.33. The summed E-state index contributed by atoms with van der Waals surface area (Å²) in [7, 11) is -5.68. The number of rotatable bonds is 18. The lowest BCUT2D eigenvalue weighted by atomic mass is 9.95. The van der Waals surface area contributed by atoms with Crippen LogP contribution in [0.4, 0.5) is 0 Å². The normalized spacial score (nSPS) is 15.1. The molecule has 0 saturated carbocycles. The number of hydrogen-bond donors (Lipinski definition) is 0. The monoisotopic (exact) mass is 572 g/mol. The van der Waals surface area contributed by atoms with E-state index in [-0.39, 0.29) is 48.9 Å². The highest BCUT2D eigenvalue weighted by atomic mass is 31.2. The minimum atomic E-state index is -3.63. The first-order chi connectivity index (χ1) is 17.6. The second-order valence-electron chi connectivity index (χ2n) is 11.3. The predicted molar refractivity (Wildman–Crippen MR) is 153 cm³/mol. The van der Waals surface area contributed by atoms with E-state index in [1.807, 2.05) is 37.3 Å². The summed E-state index contributed by atoms with van der Waals surface area (Å²) < 4.78 is 41.2. The van der Waals surface area contributed by atoms with Crippen LogP contribution in [0.15, 0.2) is 30.3 Å². The van der Waals surface area contributed by atoms with Gasteiger partial charge in [0, 0.05) is 24.9 Å². The molecule has 0 N–H and O–H groups in total. The van der Waals surface area contributed by atoms with Gasteiger partial charge in [0.2, 0.25) is 0 Å². The van der Waals surface area contributed by atoms with Crippen molar-refractivity contribution in [2.75, 3.05) is 32.6 Å². The van der Waals surface area contributed by atoms with Crippen LogP contribution in [-0.4, -0.2) is 58.8 Å². The van der Waals surface area contributed by atoms with Gasteiger partial charge in [-0.25, -0.2) is 0 Å². The maximum absolute atomic E-state index is 13.1. The number of carbonyl (C=O) groups excluding carboxylic acids is 2. The van der Waals surface area contributed by atoms with E-state index >= 15 is 0 Å². The van der Waals surface area contributed by atoms with Crippen molar-refractivity contribution in [3.63, 3.8) is 0 Å². The van der Waals surface area contributed by atoms with Crippen LogP contribution >= 0.6 is 7.60 Å². The molecule has 1 aromatic carbocycles. The number of Topliss-reactive ketones (excluding diaryl/α,β-unsaturated/α-hetero) is 1. The second kappa shape index (κ2) is 16.0. The SMILES string of the molecule is CCOP(=O)(CC(=O)O[C@@H](CC(=O)[C@H](C)COCc1ccccc1)[C@H](C)CO[Si](C)(C)C(C)(C)C)OCC. The van der Waals surface area contributed by atoms with Crippen LogP contribution < -0.4 is 0 Å². The highest BCUT2D eigenvalue weighted by Gasteiger charge is 2.39. The molecule has 0 unspecified atom stereocenters. The van der Waals surface area contributed by atoms with E-state index in [0.717, 1.165) is 5.56 Å². The average Bonchev–Trinajstić information content (AvgIpc) is 2.82. The summed E-state index contributed by atoms with van der Waals surface area (Å²) in [5, 5.41) is 0.0148. The molecule has 0 aliphatic carbocycles. The van der Waals surface area contributed by atoms with Gasteiger partial charge in [0.15, 0.2) is 8.32 Å². The van der Waals surface area contributed by atoms with Gasteiger partial charge in [0.1, 0.15) is 18.0 Å². The van der Waals surface area contributed by atoms with Gasteiger partial charge in [0.05, 0.1) is 26.4 Å². The van der Waals surface area contributed by atoms with E-state index in [0.29, 0.717) is 13.2 Å². The molecule has 0 saturated heterocycles. The Labute approximate surface area is 230 Å². The molecule has 10 heteroatoms. The molecule has 8 nitrogen and oxygen atoms in total. The van der Waals surface area contributed by atoms with Crippen molar-refractivity contribution in [1.29, 1.82) is 0 Å². The molecule has 1 aromatic rings. The molecular weight excluding hydrogens is 523 g/mol. The fraction of sp³-hybridized carbons (Fsp3) is 0.714.